The van der Waals surface area contributed by atoms with Crippen molar-refractivity contribution in [2.24, 2.45) is 7.05 Å². The first-order valence-corrected chi connectivity index (χ1v) is 6.15. The molecule has 3 heteroatoms. The number of hydrogen-bond donors (Lipinski definition) is 1. The summed E-state index contributed by atoms with van der Waals surface area (Å²) >= 11 is 0. The summed E-state index contributed by atoms with van der Waals surface area (Å²) in [5.41, 5.74) is 5.21. The van der Waals surface area contributed by atoms with E-state index in [0.29, 0.717) is 0 Å². The third-order valence-corrected chi connectivity index (χ3v) is 3.27. The van der Waals surface area contributed by atoms with Crippen LogP contribution in [-0.2, 0) is 19.9 Å². The van der Waals surface area contributed by atoms with E-state index in [1.54, 1.807) is 0 Å². The topological polar surface area (TPSA) is 29.9 Å². The second-order valence-electron chi connectivity index (χ2n) is 4.68. The summed E-state index contributed by atoms with van der Waals surface area (Å²) < 4.78 is 1.85. The number of benzene rings is 1. The second-order valence-corrected chi connectivity index (χ2v) is 4.68. The fourth-order valence-corrected chi connectivity index (χ4v) is 2.38. The molecule has 0 aliphatic carbocycles. The Balaban J connectivity index is 1.84. The molecule has 0 unspecified atom stereocenters. The van der Waals surface area contributed by atoms with Crippen LogP contribution in [0.5, 0.6) is 0 Å². The van der Waals surface area contributed by atoms with Gasteiger partial charge in [-0.2, -0.15) is 5.10 Å². The average molecular weight is 227 g/mol. The van der Waals surface area contributed by atoms with Gasteiger partial charge in [-0.1, -0.05) is 12.1 Å². The minimum absolute atomic E-state index is 0.912. The van der Waals surface area contributed by atoms with Gasteiger partial charge in [0.1, 0.15) is 0 Å². The van der Waals surface area contributed by atoms with Gasteiger partial charge < -0.3 is 5.32 Å². The number of anilines is 1. The number of aromatic nitrogens is 2. The molecule has 1 N–H and O–H groups in total. The van der Waals surface area contributed by atoms with Crippen molar-refractivity contribution in [1.29, 1.82) is 0 Å². The quantitative estimate of drug-likeness (QED) is 0.853. The van der Waals surface area contributed by atoms with Crippen LogP contribution in [-0.4, -0.2) is 16.3 Å². The Kier molecular flexibility index (Phi) is 2.59. The van der Waals surface area contributed by atoms with Gasteiger partial charge in [-0.25, -0.2) is 0 Å². The Morgan fingerprint density at radius 1 is 1.35 bits per heavy atom. The summed E-state index contributed by atoms with van der Waals surface area (Å²) in [6.07, 6.45) is 5.35. The molecule has 2 heterocycles. The molecular weight excluding hydrogens is 210 g/mol. The molecule has 0 spiro atoms. The van der Waals surface area contributed by atoms with Gasteiger partial charge in [0.05, 0.1) is 5.69 Å². The number of nitrogens with one attached hydrogen (secondary N) is 1. The van der Waals surface area contributed by atoms with Crippen LogP contribution in [0.25, 0.3) is 0 Å². The van der Waals surface area contributed by atoms with E-state index in [9.17, 15) is 0 Å². The van der Waals surface area contributed by atoms with E-state index in [-0.39, 0.29) is 0 Å². The molecule has 0 fully saturated rings. The highest BCUT2D eigenvalue weighted by Gasteiger charge is 2.09. The lowest BCUT2D eigenvalue weighted by Crippen LogP contribution is -2.11. The maximum atomic E-state index is 4.41. The van der Waals surface area contributed by atoms with Crippen molar-refractivity contribution >= 4 is 5.69 Å². The summed E-state index contributed by atoms with van der Waals surface area (Å²) in [4.78, 5) is 0. The molecule has 0 saturated carbocycles. The Hall–Kier alpha value is -1.77. The van der Waals surface area contributed by atoms with E-state index in [4.69, 9.17) is 0 Å². The maximum Gasteiger partial charge on any atom is 0.0668 e. The number of hydrogen-bond acceptors (Lipinski definition) is 2. The molecule has 1 aromatic carbocycles. The van der Waals surface area contributed by atoms with Crippen molar-refractivity contribution in [3.63, 3.8) is 0 Å². The molecule has 1 aliphatic heterocycles. The lowest BCUT2D eigenvalue weighted by molar-refractivity contribution is 0.749. The molecule has 17 heavy (non-hydrogen) atoms. The maximum absolute atomic E-state index is 4.41. The molecule has 2 aromatic rings. The van der Waals surface area contributed by atoms with E-state index in [1.165, 1.54) is 29.7 Å². The van der Waals surface area contributed by atoms with Crippen LogP contribution in [0.3, 0.4) is 0 Å². The van der Waals surface area contributed by atoms with Crippen molar-refractivity contribution in [2.75, 3.05) is 11.9 Å². The fourth-order valence-electron chi connectivity index (χ4n) is 2.38. The summed E-state index contributed by atoms with van der Waals surface area (Å²) in [7, 11) is 1.96. The molecule has 0 bridgehead atoms. The van der Waals surface area contributed by atoms with Crippen LogP contribution in [0.15, 0.2) is 30.5 Å². The smallest absolute Gasteiger partial charge is 0.0668 e. The predicted molar refractivity (Wildman–Crippen MR) is 69.3 cm³/mol. The third-order valence-electron chi connectivity index (χ3n) is 3.27. The lowest BCUT2D eigenvalue weighted by Gasteiger charge is -2.18. The summed E-state index contributed by atoms with van der Waals surface area (Å²) in [5.74, 6) is 0. The summed E-state index contributed by atoms with van der Waals surface area (Å²) in [5, 5.41) is 7.88. The standard InChI is InChI=1S/C14H17N3/c1-17-8-6-13(16-17)9-11-4-5-12-3-2-7-15-14(12)10-11/h4-6,8,10,15H,2-3,7,9H2,1H3. The Morgan fingerprint density at radius 3 is 3.12 bits per heavy atom. The number of fused-ring (bicyclic) bond motifs is 1. The first-order valence-electron chi connectivity index (χ1n) is 6.15. The highest BCUT2D eigenvalue weighted by atomic mass is 15.2. The molecule has 88 valence electrons. The molecule has 0 radical (unpaired) electrons. The van der Waals surface area contributed by atoms with Crippen molar-refractivity contribution in [3.8, 4) is 0 Å². The van der Waals surface area contributed by atoms with Crippen LogP contribution in [0, 0.1) is 0 Å². The zero-order valence-electron chi connectivity index (χ0n) is 10.1. The van der Waals surface area contributed by atoms with Crippen LogP contribution >= 0.6 is 0 Å². The van der Waals surface area contributed by atoms with E-state index in [0.717, 1.165) is 18.7 Å². The van der Waals surface area contributed by atoms with Gasteiger partial charge in [-0.05, 0) is 36.1 Å². The number of aryl methyl sites for hydroxylation is 2. The Labute approximate surface area is 101 Å². The number of nitrogens with zero attached hydrogens (tertiary/aromatic N) is 2. The first kappa shape index (κ1) is 10.4. The van der Waals surface area contributed by atoms with Gasteiger partial charge in [0.2, 0.25) is 0 Å². The second kappa shape index (κ2) is 4.24. The van der Waals surface area contributed by atoms with E-state index in [2.05, 4.69) is 34.7 Å². The normalized spacial score (nSPS) is 14.2. The van der Waals surface area contributed by atoms with Crippen molar-refractivity contribution < 1.29 is 0 Å². The van der Waals surface area contributed by atoms with Gasteiger partial charge >= 0.3 is 0 Å². The molecule has 0 atom stereocenters. The highest BCUT2D eigenvalue weighted by Crippen LogP contribution is 2.23. The van der Waals surface area contributed by atoms with E-state index in [1.807, 2.05) is 17.9 Å². The molecule has 1 aromatic heterocycles. The van der Waals surface area contributed by atoms with Gasteiger partial charge in [0, 0.05) is 31.9 Å². The summed E-state index contributed by atoms with van der Waals surface area (Å²) in [6, 6.07) is 8.82. The van der Waals surface area contributed by atoms with Crippen LogP contribution in [0.2, 0.25) is 0 Å². The Bertz CT molecular complexity index is 528. The van der Waals surface area contributed by atoms with Gasteiger partial charge in [0.15, 0.2) is 0 Å². The van der Waals surface area contributed by atoms with E-state index >= 15 is 0 Å². The minimum Gasteiger partial charge on any atom is -0.385 e. The summed E-state index contributed by atoms with van der Waals surface area (Å²) in [6.45, 7) is 1.10. The van der Waals surface area contributed by atoms with Crippen LogP contribution in [0.1, 0.15) is 23.2 Å². The Morgan fingerprint density at radius 2 is 2.29 bits per heavy atom. The van der Waals surface area contributed by atoms with Crippen molar-refractivity contribution in [3.05, 3.63) is 47.3 Å². The molecule has 3 nitrogen and oxygen atoms in total. The molecule has 0 amide bonds. The highest BCUT2D eigenvalue weighted by molar-refractivity contribution is 5.55. The SMILES string of the molecule is Cn1ccc(Cc2ccc3c(c2)NCCC3)n1. The zero-order valence-corrected chi connectivity index (χ0v) is 10.1. The fraction of sp³-hybridized carbons (Fsp3) is 0.357. The third kappa shape index (κ3) is 2.18. The zero-order chi connectivity index (χ0) is 11.7. The average Bonchev–Trinajstić information content (AvgIpc) is 2.75. The molecular formula is C14H17N3. The van der Waals surface area contributed by atoms with Gasteiger partial charge in [-0.3, -0.25) is 4.68 Å². The largest absolute Gasteiger partial charge is 0.385 e. The van der Waals surface area contributed by atoms with Crippen LogP contribution in [0.4, 0.5) is 5.69 Å². The molecule has 0 saturated heterocycles. The molecule has 3 rings (SSSR count). The van der Waals surface area contributed by atoms with E-state index < -0.39 is 0 Å². The van der Waals surface area contributed by atoms with Crippen molar-refractivity contribution in [2.45, 2.75) is 19.3 Å². The van der Waals surface area contributed by atoms with Crippen molar-refractivity contribution in [1.82, 2.24) is 9.78 Å². The monoisotopic (exact) mass is 227 g/mol. The lowest BCUT2D eigenvalue weighted by atomic mass is 9.99. The molecule has 1 aliphatic rings. The predicted octanol–water partition coefficient (Wildman–Crippen LogP) is 2.37. The first-order chi connectivity index (χ1) is 8.31. The van der Waals surface area contributed by atoms with Crippen LogP contribution < -0.4 is 5.32 Å². The van der Waals surface area contributed by atoms with Gasteiger partial charge in [-0.15, -0.1) is 0 Å². The van der Waals surface area contributed by atoms with Gasteiger partial charge in [0.25, 0.3) is 0 Å². The number of rotatable bonds is 2. The minimum atomic E-state index is 0.912.